The number of ether oxygens (including phenoxy) is 1. The van der Waals surface area contributed by atoms with Crippen molar-refractivity contribution in [2.45, 2.75) is 0 Å². The van der Waals surface area contributed by atoms with Gasteiger partial charge in [0, 0.05) is 18.8 Å². The zero-order valence-electron chi connectivity index (χ0n) is 16.5. The number of amides is 2. The Morgan fingerprint density at radius 3 is 2.74 bits per heavy atom. The molecule has 1 fully saturated rings. The Labute approximate surface area is 181 Å². The van der Waals surface area contributed by atoms with Crippen LogP contribution in [-0.2, 0) is 14.3 Å². The van der Waals surface area contributed by atoms with E-state index < -0.39 is 11.6 Å². The van der Waals surface area contributed by atoms with Gasteiger partial charge in [0.05, 0.1) is 41.3 Å². The van der Waals surface area contributed by atoms with E-state index in [2.05, 4.69) is 15.3 Å². The van der Waals surface area contributed by atoms with E-state index in [1.807, 2.05) is 0 Å². The van der Waals surface area contributed by atoms with Gasteiger partial charge < -0.3 is 19.9 Å². The first-order valence-electron chi connectivity index (χ1n) is 9.68. The minimum Gasteiger partial charge on any atom is -0.378 e. The van der Waals surface area contributed by atoms with Gasteiger partial charge in [0.15, 0.2) is 0 Å². The highest BCUT2D eigenvalue weighted by atomic mass is 32.2. The van der Waals surface area contributed by atoms with E-state index in [1.54, 1.807) is 23.1 Å². The van der Waals surface area contributed by atoms with Gasteiger partial charge >= 0.3 is 0 Å². The van der Waals surface area contributed by atoms with Crippen LogP contribution in [0.15, 0.2) is 36.4 Å². The number of aromatic amines is 1. The van der Waals surface area contributed by atoms with E-state index in [1.165, 1.54) is 11.8 Å². The Bertz CT molecular complexity index is 1120. The number of carbonyl (C=O) groups is 2. The number of thioether (sulfide) groups is 1. The summed E-state index contributed by atoms with van der Waals surface area (Å²) in [7, 11) is 0. The molecule has 4 rings (SSSR count). The van der Waals surface area contributed by atoms with E-state index in [0.29, 0.717) is 43.0 Å². The molecule has 2 amide bonds. The summed E-state index contributed by atoms with van der Waals surface area (Å²) in [5.41, 5.74) is 1.70. The molecule has 0 radical (unpaired) electrons. The largest absolute Gasteiger partial charge is 0.378 e. The number of aromatic nitrogens is 2. The molecule has 0 atom stereocenters. The molecule has 1 aliphatic rings. The summed E-state index contributed by atoms with van der Waals surface area (Å²) >= 11 is 1.25. The maximum absolute atomic E-state index is 14.0. The monoisotopic (exact) mass is 446 g/mol. The zero-order chi connectivity index (χ0) is 21.8. The lowest BCUT2D eigenvalue weighted by Gasteiger charge is -2.26. The molecule has 0 spiro atoms. The third-order valence-electron chi connectivity index (χ3n) is 4.77. The van der Waals surface area contributed by atoms with Crippen molar-refractivity contribution in [1.29, 1.82) is 0 Å². The SMILES string of the molecule is O=C(CSCC(=O)N1CCOCC1)Nc1ccc2nc(-c3cc(F)ccc3F)[nH]c2c1. The van der Waals surface area contributed by atoms with Gasteiger partial charge in [0.2, 0.25) is 11.8 Å². The molecule has 2 aromatic carbocycles. The fourth-order valence-electron chi connectivity index (χ4n) is 3.23. The van der Waals surface area contributed by atoms with Crippen LogP contribution < -0.4 is 5.32 Å². The first-order valence-corrected chi connectivity index (χ1v) is 10.8. The second-order valence-electron chi connectivity index (χ2n) is 6.98. The van der Waals surface area contributed by atoms with E-state index in [4.69, 9.17) is 4.74 Å². The fourth-order valence-corrected chi connectivity index (χ4v) is 3.94. The predicted octanol–water partition coefficient (Wildman–Crippen LogP) is 3.04. The number of nitrogens with one attached hydrogen (secondary N) is 2. The third kappa shape index (κ3) is 5.20. The molecule has 0 saturated carbocycles. The van der Waals surface area contributed by atoms with Crippen molar-refractivity contribution >= 4 is 40.3 Å². The van der Waals surface area contributed by atoms with Crippen LogP contribution in [-0.4, -0.2) is 64.5 Å². The number of hydrogen-bond donors (Lipinski definition) is 2. The lowest BCUT2D eigenvalue weighted by atomic mass is 10.2. The highest BCUT2D eigenvalue weighted by Gasteiger charge is 2.17. The molecule has 3 aromatic rings. The van der Waals surface area contributed by atoms with Gasteiger partial charge in [-0.25, -0.2) is 13.8 Å². The molecule has 162 valence electrons. The van der Waals surface area contributed by atoms with Crippen molar-refractivity contribution < 1.29 is 23.1 Å². The van der Waals surface area contributed by atoms with E-state index in [0.717, 1.165) is 18.2 Å². The molecule has 2 N–H and O–H groups in total. The van der Waals surface area contributed by atoms with Gasteiger partial charge in [-0.2, -0.15) is 0 Å². The molecule has 1 aliphatic heterocycles. The van der Waals surface area contributed by atoms with Crippen LogP contribution in [0.3, 0.4) is 0 Å². The van der Waals surface area contributed by atoms with Crippen LogP contribution in [0.1, 0.15) is 0 Å². The summed E-state index contributed by atoms with van der Waals surface area (Å²) in [5.74, 6) is -0.821. The van der Waals surface area contributed by atoms with Crippen molar-refractivity contribution in [2.24, 2.45) is 0 Å². The normalized spacial score (nSPS) is 14.1. The highest BCUT2D eigenvalue weighted by molar-refractivity contribution is 8.00. The Morgan fingerprint density at radius 1 is 1.13 bits per heavy atom. The fraction of sp³-hybridized carbons (Fsp3) is 0.286. The van der Waals surface area contributed by atoms with Crippen LogP contribution in [0.25, 0.3) is 22.4 Å². The number of hydrogen-bond acceptors (Lipinski definition) is 5. The van der Waals surface area contributed by atoms with Gasteiger partial charge in [0.25, 0.3) is 0 Å². The van der Waals surface area contributed by atoms with Crippen molar-refractivity contribution in [3.05, 3.63) is 48.0 Å². The van der Waals surface area contributed by atoms with E-state index in [-0.39, 0.29) is 34.7 Å². The standard InChI is InChI=1S/C21H20F2N4O3S/c22-13-1-3-16(23)15(9-13)21-25-17-4-2-14(10-18(17)26-21)24-19(28)11-31-12-20(29)27-5-7-30-8-6-27/h1-4,9-10H,5-8,11-12H2,(H,24,28)(H,25,26). The molecule has 31 heavy (non-hydrogen) atoms. The number of morpholine rings is 1. The Balaban J connectivity index is 1.35. The first-order chi connectivity index (χ1) is 15.0. The number of rotatable bonds is 6. The molecule has 7 nitrogen and oxygen atoms in total. The lowest BCUT2D eigenvalue weighted by Crippen LogP contribution is -2.41. The quantitative estimate of drug-likeness (QED) is 0.608. The van der Waals surface area contributed by atoms with E-state index in [9.17, 15) is 18.4 Å². The molecule has 0 unspecified atom stereocenters. The molecule has 2 heterocycles. The van der Waals surface area contributed by atoms with Gasteiger partial charge in [0.1, 0.15) is 17.5 Å². The maximum Gasteiger partial charge on any atom is 0.234 e. The summed E-state index contributed by atoms with van der Waals surface area (Å²) in [6, 6.07) is 8.19. The lowest BCUT2D eigenvalue weighted by molar-refractivity contribution is -0.132. The van der Waals surface area contributed by atoms with Crippen LogP contribution in [0, 0.1) is 11.6 Å². The van der Waals surface area contributed by atoms with Gasteiger partial charge in [-0.15, -0.1) is 11.8 Å². The Morgan fingerprint density at radius 2 is 1.94 bits per heavy atom. The number of benzene rings is 2. The first kappa shape index (κ1) is 21.3. The molecule has 10 heteroatoms. The van der Waals surface area contributed by atoms with Gasteiger partial charge in [-0.1, -0.05) is 0 Å². The number of imidazole rings is 1. The average Bonchev–Trinajstić information content (AvgIpc) is 3.19. The van der Waals surface area contributed by atoms with Crippen LogP contribution in [0.5, 0.6) is 0 Å². The number of nitrogens with zero attached hydrogens (tertiary/aromatic N) is 2. The minimum absolute atomic E-state index is 0.00269. The van der Waals surface area contributed by atoms with Crippen LogP contribution in [0.2, 0.25) is 0 Å². The smallest absolute Gasteiger partial charge is 0.234 e. The summed E-state index contributed by atoms with van der Waals surface area (Å²) in [6.45, 7) is 2.25. The predicted molar refractivity (Wildman–Crippen MR) is 115 cm³/mol. The summed E-state index contributed by atoms with van der Waals surface area (Å²) < 4.78 is 32.7. The summed E-state index contributed by atoms with van der Waals surface area (Å²) in [4.78, 5) is 33.3. The highest BCUT2D eigenvalue weighted by Crippen LogP contribution is 2.25. The number of H-pyrrole nitrogens is 1. The van der Waals surface area contributed by atoms with Gasteiger partial charge in [-0.05, 0) is 36.4 Å². The Hall–Kier alpha value is -2.98. The van der Waals surface area contributed by atoms with Crippen molar-refractivity contribution in [1.82, 2.24) is 14.9 Å². The number of fused-ring (bicyclic) bond motifs is 1. The third-order valence-corrected chi connectivity index (χ3v) is 5.69. The molecular formula is C21H20F2N4O3S. The molecule has 0 aliphatic carbocycles. The number of halogens is 2. The second kappa shape index (κ2) is 9.44. The molecule has 1 aromatic heterocycles. The summed E-state index contributed by atoms with van der Waals surface area (Å²) in [6.07, 6.45) is 0. The summed E-state index contributed by atoms with van der Waals surface area (Å²) in [5, 5.41) is 2.77. The Kier molecular flexibility index (Phi) is 6.47. The number of carbonyl (C=O) groups excluding carboxylic acids is 2. The van der Waals surface area contributed by atoms with Crippen molar-refractivity contribution in [3.63, 3.8) is 0 Å². The molecular weight excluding hydrogens is 426 g/mol. The zero-order valence-corrected chi connectivity index (χ0v) is 17.3. The second-order valence-corrected chi connectivity index (χ2v) is 7.96. The van der Waals surface area contributed by atoms with Crippen LogP contribution in [0.4, 0.5) is 14.5 Å². The van der Waals surface area contributed by atoms with E-state index >= 15 is 0 Å². The number of anilines is 1. The average molecular weight is 446 g/mol. The van der Waals surface area contributed by atoms with Crippen molar-refractivity contribution in [2.75, 3.05) is 43.1 Å². The molecule has 0 bridgehead atoms. The van der Waals surface area contributed by atoms with Gasteiger partial charge in [-0.3, -0.25) is 9.59 Å². The van der Waals surface area contributed by atoms with Crippen LogP contribution >= 0.6 is 11.8 Å². The minimum atomic E-state index is -0.586. The molecule has 1 saturated heterocycles. The van der Waals surface area contributed by atoms with Crippen molar-refractivity contribution in [3.8, 4) is 11.4 Å². The topological polar surface area (TPSA) is 87.3 Å². The maximum atomic E-state index is 14.0.